The number of aromatic amines is 1. The smallest absolute Gasteiger partial charge is 0.273 e. The number of nitro groups is 1. The van der Waals surface area contributed by atoms with Crippen LogP contribution in [0.2, 0.25) is 5.02 Å². The standard InChI is InChI=1S/C7H4ClN3O2/c8-5-1-4(11(12)13)2-6-7(5)10-3-9-6/h1-3H,(H,9,10). The van der Waals surface area contributed by atoms with Gasteiger partial charge in [0.15, 0.2) is 0 Å². The molecule has 2 rings (SSSR count). The van der Waals surface area contributed by atoms with E-state index in [1.807, 2.05) is 0 Å². The summed E-state index contributed by atoms with van der Waals surface area (Å²) in [6.45, 7) is 0. The summed E-state index contributed by atoms with van der Waals surface area (Å²) in [5.74, 6) is 0. The first kappa shape index (κ1) is 8.00. The summed E-state index contributed by atoms with van der Waals surface area (Å²) < 4.78 is 0. The summed E-state index contributed by atoms with van der Waals surface area (Å²) in [6.07, 6.45) is 1.44. The van der Waals surface area contributed by atoms with Crippen LogP contribution in [0.1, 0.15) is 0 Å². The van der Waals surface area contributed by atoms with Crippen LogP contribution < -0.4 is 0 Å². The summed E-state index contributed by atoms with van der Waals surface area (Å²) in [5.41, 5.74) is 1.08. The van der Waals surface area contributed by atoms with Gasteiger partial charge in [-0.15, -0.1) is 0 Å². The third-order valence-electron chi connectivity index (χ3n) is 1.67. The van der Waals surface area contributed by atoms with Gasteiger partial charge in [0.1, 0.15) is 5.52 Å². The third kappa shape index (κ3) is 1.23. The van der Waals surface area contributed by atoms with Crippen molar-refractivity contribution in [2.45, 2.75) is 0 Å². The Hall–Kier alpha value is -1.62. The van der Waals surface area contributed by atoms with Gasteiger partial charge in [-0.3, -0.25) is 10.1 Å². The molecule has 1 aromatic carbocycles. The van der Waals surface area contributed by atoms with Gasteiger partial charge in [-0.1, -0.05) is 11.6 Å². The number of hydrogen-bond acceptors (Lipinski definition) is 3. The summed E-state index contributed by atoms with van der Waals surface area (Å²) >= 11 is 5.76. The molecule has 0 amide bonds. The van der Waals surface area contributed by atoms with Gasteiger partial charge in [0.05, 0.1) is 21.8 Å². The zero-order chi connectivity index (χ0) is 9.42. The Morgan fingerprint density at radius 3 is 3.00 bits per heavy atom. The number of nitrogens with zero attached hydrogens (tertiary/aromatic N) is 2. The zero-order valence-electron chi connectivity index (χ0n) is 6.32. The van der Waals surface area contributed by atoms with Crippen LogP contribution in [0.15, 0.2) is 18.5 Å². The highest BCUT2D eigenvalue weighted by molar-refractivity contribution is 6.35. The average molecular weight is 198 g/mol. The SMILES string of the molecule is O=[N+]([O-])c1cc(Cl)c2nc[nH]c2c1. The minimum Gasteiger partial charge on any atom is -0.344 e. The van der Waals surface area contributed by atoms with Crippen LogP contribution in [0.25, 0.3) is 11.0 Å². The predicted octanol–water partition coefficient (Wildman–Crippen LogP) is 2.12. The molecular formula is C7H4ClN3O2. The Bertz CT molecular complexity index is 480. The number of nitro benzene ring substituents is 1. The van der Waals surface area contributed by atoms with Crippen molar-refractivity contribution in [3.8, 4) is 0 Å². The van der Waals surface area contributed by atoms with E-state index in [1.165, 1.54) is 18.5 Å². The Morgan fingerprint density at radius 2 is 2.31 bits per heavy atom. The largest absolute Gasteiger partial charge is 0.344 e. The molecule has 0 saturated carbocycles. The van der Waals surface area contributed by atoms with E-state index in [4.69, 9.17) is 11.6 Å². The second-order valence-corrected chi connectivity index (χ2v) is 2.89. The molecular weight excluding hydrogens is 194 g/mol. The lowest BCUT2D eigenvalue weighted by molar-refractivity contribution is -0.384. The number of non-ortho nitro benzene ring substituents is 1. The molecule has 0 unspecified atom stereocenters. The fourth-order valence-corrected chi connectivity index (χ4v) is 1.36. The molecule has 0 aliphatic heterocycles. The van der Waals surface area contributed by atoms with E-state index < -0.39 is 4.92 Å². The van der Waals surface area contributed by atoms with E-state index in [2.05, 4.69) is 9.97 Å². The molecule has 1 heterocycles. The van der Waals surface area contributed by atoms with Crippen LogP contribution >= 0.6 is 11.6 Å². The number of fused-ring (bicyclic) bond motifs is 1. The molecule has 0 fully saturated rings. The lowest BCUT2D eigenvalue weighted by Crippen LogP contribution is -1.87. The molecule has 6 heteroatoms. The van der Waals surface area contributed by atoms with Crippen LogP contribution in [-0.2, 0) is 0 Å². The molecule has 1 aromatic heterocycles. The lowest BCUT2D eigenvalue weighted by Gasteiger charge is -1.93. The number of aromatic nitrogens is 2. The molecule has 1 N–H and O–H groups in total. The van der Waals surface area contributed by atoms with E-state index in [1.54, 1.807) is 0 Å². The van der Waals surface area contributed by atoms with Crippen molar-refractivity contribution in [3.63, 3.8) is 0 Å². The fraction of sp³-hybridized carbons (Fsp3) is 0. The minimum absolute atomic E-state index is 0.0400. The molecule has 0 aliphatic rings. The number of imidazole rings is 1. The molecule has 0 saturated heterocycles. The van der Waals surface area contributed by atoms with Crippen molar-refractivity contribution in [2.75, 3.05) is 0 Å². The predicted molar refractivity (Wildman–Crippen MR) is 47.8 cm³/mol. The first-order valence-corrected chi connectivity index (χ1v) is 3.83. The van der Waals surface area contributed by atoms with Gasteiger partial charge in [-0.05, 0) is 0 Å². The van der Waals surface area contributed by atoms with Crippen molar-refractivity contribution in [2.24, 2.45) is 0 Å². The zero-order valence-corrected chi connectivity index (χ0v) is 7.08. The minimum atomic E-state index is -0.494. The Labute approximate surface area is 77.5 Å². The van der Waals surface area contributed by atoms with E-state index in [-0.39, 0.29) is 10.7 Å². The molecule has 0 radical (unpaired) electrons. The van der Waals surface area contributed by atoms with Crippen LogP contribution in [0.3, 0.4) is 0 Å². The van der Waals surface area contributed by atoms with E-state index in [9.17, 15) is 10.1 Å². The number of H-pyrrole nitrogens is 1. The van der Waals surface area contributed by atoms with E-state index in [0.717, 1.165) is 0 Å². The Balaban J connectivity index is 2.77. The topological polar surface area (TPSA) is 71.8 Å². The monoisotopic (exact) mass is 197 g/mol. The number of rotatable bonds is 1. The Morgan fingerprint density at radius 1 is 1.54 bits per heavy atom. The van der Waals surface area contributed by atoms with Gasteiger partial charge >= 0.3 is 0 Å². The van der Waals surface area contributed by atoms with Crippen molar-refractivity contribution in [3.05, 3.63) is 33.6 Å². The first-order chi connectivity index (χ1) is 6.18. The maximum absolute atomic E-state index is 10.4. The molecule has 66 valence electrons. The summed E-state index contributed by atoms with van der Waals surface area (Å²) in [7, 11) is 0. The maximum atomic E-state index is 10.4. The molecule has 5 nitrogen and oxygen atoms in total. The highest BCUT2D eigenvalue weighted by Gasteiger charge is 2.11. The molecule has 0 aliphatic carbocycles. The van der Waals surface area contributed by atoms with Gasteiger partial charge in [0.25, 0.3) is 5.69 Å². The summed E-state index contributed by atoms with van der Waals surface area (Å²) in [6, 6.07) is 2.68. The fourth-order valence-electron chi connectivity index (χ4n) is 1.10. The Kier molecular flexibility index (Phi) is 1.66. The lowest BCUT2D eigenvalue weighted by atomic mass is 10.3. The van der Waals surface area contributed by atoms with Crippen LogP contribution in [-0.4, -0.2) is 14.9 Å². The van der Waals surface area contributed by atoms with Crippen molar-refractivity contribution in [1.82, 2.24) is 9.97 Å². The van der Waals surface area contributed by atoms with Gasteiger partial charge in [0.2, 0.25) is 0 Å². The number of nitrogens with one attached hydrogen (secondary N) is 1. The van der Waals surface area contributed by atoms with Gasteiger partial charge < -0.3 is 4.98 Å². The number of halogens is 1. The van der Waals surface area contributed by atoms with E-state index in [0.29, 0.717) is 11.0 Å². The normalized spacial score (nSPS) is 10.5. The first-order valence-electron chi connectivity index (χ1n) is 3.45. The third-order valence-corrected chi connectivity index (χ3v) is 1.96. The summed E-state index contributed by atoms with van der Waals surface area (Å²) in [4.78, 5) is 16.6. The van der Waals surface area contributed by atoms with Crippen LogP contribution in [0, 0.1) is 10.1 Å². The maximum Gasteiger partial charge on any atom is 0.273 e. The molecule has 13 heavy (non-hydrogen) atoms. The van der Waals surface area contributed by atoms with Gasteiger partial charge in [-0.25, -0.2) is 4.98 Å². The average Bonchev–Trinajstić information content (AvgIpc) is 2.51. The van der Waals surface area contributed by atoms with E-state index >= 15 is 0 Å². The van der Waals surface area contributed by atoms with Crippen LogP contribution in [0.4, 0.5) is 5.69 Å². The molecule has 2 aromatic rings. The number of hydrogen-bond donors (Lipinski definition) is 1. The van der Waals surface area contributed by atoms with Gasteiger partial charge in [-0.2, -0.15) is 0 Å². The second-order valence-electron chi connectivity index (χ2n) is 2.48. The molecule has 0 spiro atoms. The molecule has 0 atom stereocenters. The molecule has 0 bridgehead atoms. The quantitative estimate of drug-likeness (QED) is 0.562. The summed E-state index contributed by atoms with van der Waals surface area (Å²) in [5, 5.41) is 10.7. The van der Waals surface area contributed by atoms with Crippen LogP contribution in [0.5, 0.6) is 0 Å². The van der Waals surface area contributed by atoms with Crippen molar-refractivity contribution >= 4 is 28.3 Å². The van der Waals surface area contributed by atoms with Crippen molar-refractivity contribution < 1.29 is 4.92 Å². The number of benzene rings is 1. The highest BCUT2D eigenvalue weighted by atomic mass is 35.5. The highest BCUT2D eigenvalue weighted by Crippen LogP contribution is 2.26. The second kappa shape index (κ2) is 2.70. The van der Waals surface area contributed by atoms with Crippen molar-refractivity contribution in [1.29, 1.82) is 0 Å². The van der Waals surface area contributed by atoms with Gasteiger partial charge in [0, 0.05) is 12.1 Å².